The highest BCUT2D eigenvalue weighted by Gasteiger charge is 2.21. The lowest BCUT2D eigenvalue weighted by molar-refractivity contribution is -0.154. The average molecular weight is 296 g/mol. The molecular formula is C15H20O6. The first-order chi connectivity index (χ1) is 9.68. The van der Waals surface area contributed by atoms with Gasteiger partial charge in [0.2, 0.25) is 0 Å². The fourth-order valence-corrected chi connectivity index (χ4v) is 1.18. The van der Waals surface area contributed by atoms with Gasteiger partial charge in [-0.3, -0.25) is 0 Å². The van der Waals surface area contributed by atoms with E-state index in [1.165, 1.54) is 21.0 Å². The fourth-order valence-electron chi connectivity index (χ4n) is 1.18. The molecule has 0 aliphatic heterocycles. The zero-order valence-electron chi connectivity index (χ0n) is 12.6. The van der Waals surface area contributed by atoms with Gasteiger partial charge in [-0.2, -0.15) is 0 Å². The normalized spacial score (nSPS) is 11.0. The summed E-state index contributed by atoms with van der Waals surface area (Å²) in [4.78, 5) is 34.2. The molecule has 1 atom stereocenters. The van der Waals surface area contributed by atoms with Crippen molar-refractivity contribution in [1.82, 2.24) is 0 Å². The predicted octanol–water partition coefficient (Wildman–Crippen LogP) is 1.71. The molecule has 0 N–H and O–H groups in total. The summed E-state index contributed by atoms with van der Waals surface area (Å²) in [7, 11) is 1.21. The van der Waals surface area contributed by atoms with Gasteiger partial charge in [0.1, 0.15) is 12.7 Å². The number of ether oxygens (including phenoxy) is 3. The zero-order valence-corrected chi connectivity index (χ0v) is 12.6. The Labute approximate surface area is 124 Å². The quantitative estimate of drug-likeness (QED) is 0.385. The SMILES string of the molecule is C=C(C)C(=O)OCC(CC(=C)C(=O)OC)OC(=O)C(=C)C. The van der Waals surface area contributed by atoms with Crippen LogP contribution in [0.1, 0.15) is 20.3 Å². The van der Waals surface area contributed by atoms with E-state index in [0.29, 0.717) is 0 Å². The minimum Gasteiger partial charge on any atom is -0.466 e. The minimum atomic E-state index is -0.857. The van der Waals surface area contributed by atoms with E-state index in [9.17, 15) is 14.4 Å². The van der Waals surface area contributed by atoms with E-state index in [2.05, 4.69) is 24.5 Å². The molecular weight excluding hydrogens is 276 g/mol. The third-order valence-electron chi connectivity index (χ3n) is 2.32. The molecule has 0 heterocycles. The summed E-state index contributed by atoms with van der Waals surface area (Å²) in [5, 5.41) is 0. The number of hydrogen-bond acceptors (Lipinski definition) is 6. The second-order valence-corrected chi connectivity index (χ2v) is 4.49. The van der Waals surface area contributed by atoms with Crippen LogP contribution in [0.25, 0.3) is 0 Å². The summed E-state index contributed by atoms with van der Waals surface area (Å²) < 4.78 is 14.5. The lowest BCUT2D eigenvalue weighted by Gasteiger charge is -2.18. The number of esters is 3. The van der Waals surface area contributed by atoms with Crippen LogP contribution >= 0.6 is 0 Å². The minimum absolute atomic E-state index is 0.0187. The van der Waals surface area contributed by atoms with Gasteiger partial charge in [-0.15, -0.1) is 0 Å². The highest BCUT2D eigenvalue weighted by Crippen LogP contribution is 2.12. The third-order valence-corrected chi connectivity index (χ3v) is 2.32. The van der Waals surface area contributed by atoms with Crippen molar-refractivity contribution >= 4 is 17.9 Å². The fraction of sp³-hybridized carbons (Fsp3) is 0.400. The Morgan fingerprint density at radius 3 is 1.90 bits per heavy atom. The second kappa shape index (κ2) is 8.73. The number of carbonyl (C=O) groups excluding carboxylic acids is 3. The molecule has 0 aromatic carbocycles. The largest absolute Gasteiger partial charge is 0.466 e. The van der Waals surface area contributed by atoms with E-state index in [1.807, 2.05) is 0 Å². The van der Waals surface area contributed by atoms with Crippen molar-refractivity contribution in [3.05, 3.63) is 36.5 Å². The summed E-state index contributed by atoms with van der Waals surface area (Å²) in [6, 6.07) is 0. The van der Waals surface area contributed by atoms with E-state index in [-0.39, 0.29) is 29.7 Å². The van der Waals surface area contributed by atoms with Gasteiger partial charge in [-0.1, -0.05) is 19.7 Å². The number of methoxy groups -OCH3 is 1. The molecule has 0 saturated heterocycles. The van der Waals surface area contributed by atoms with Crippen LogP contribution < -0.4 is 0 Å². The molecule has 0 fully saturated rings. The standard InChI is InChI=1S/C15H20O6/c1-9(2)13(16)20-8-12(21-14(17)10(3)4)7-11(5)15(18)19-6/h12H,1,3,5,7-8H2,2,4,6H3. The van der Waals surface area contributed by atoms with Gasteiger partial charge in [-0.25, -0.2) is 14.4 Å². The van der Waals surface area contributed by atoms with Crippen LogP contribution in [0.5, 0.6) is 0 Å². The van der Waals surface area contributed by atoms with Gasteiger partial charge in [0.25, 0.3) is 0 Å². The molecule has 0 amide bonds. The Balaban J connectivity index is 4.76. The molecule has 0 rings (SSSR count). The van der Waals surface area contributed by atoms with E-state index >= 15 is 0 Å². The van der Waals surface area contributed by atoms with Crippen LogP contribution in [0.15, 0.2) is 36.5 Å². The molecule has 0 spiro atoms. The van der Waals surface area contributed by atoms with E-state index in [1.54, 1.807) is 0 Å². The molecule has 0 radical (unpaired) electrons. The topological polar surface area (TPSA) is 78.9 Å². The van der Waals surface area contributed by atoms with Crippen LogP contribution in [-0.2, 0) is 28.6 Å². The molecule has 0 aliphatic carbocycles. The summed E-state index contributed by atoms with van der Waals surface area (Å²) in [5.41, 5.74) is 0.505. The maximum absolute atomic E-state index is 11.5. The Kier molecular flexibility index (Phi) is 7.75. The Hall–Kier alpha value is -2.37. The lowest BCUT2D eigenvalue weighted by atomic mass is 10.1. The van der Waals surface area contributed by atoms with Crippen molar-refractivity contribution in [2.24, 2.45) is 0 Å². The van der Waals surface area contributed by atoms with Crippen molar-refractivity contribution in [2.45, 2.75) is 26.4 Å². The first kappa shape index (κ1) is 18.6. The van der Waals surface area contributed by atoms with Crippen LogP contribution in [0.2, 0.25) is 0 Å². The van der Waals surface area contributed by atoms with Gasteiger partial charge in [0, 0.05) is 23.1 Å². The molecule has 0 aromatic heterocycles. The predicted molar refractivity (Wildman–Crippen MR) is 76.2 cm³/mol. The molecule has 6 heteroatoms. The van der Waals surface area contributed by atoms with Gasteiger partial charge in [-0.05, 0) is 13.8 Å². The Morgan fingerprint density at radius 2 is 1.48 bits per heavy atom. The number of carbonyl (C=O) groups is 3. The van der Waals surface area contributed by atoms with Gasteiger partial charge in [0.15, 0.2) is 0 Å². The second-order valence-electron chi connectivity index (χ2n) is 4.49. The molecule has 0 bridgehead atoms. The van der Waals surface area contributed by atoms with Gasteiger partial charge in [0.05, 0.1) is 7.11 Å². The monoisotopic (exact) mass is 296 g/mol. The van der Waals surface area contributed by atoms with E-state index in [0.717, 1.165) is 0 Å². The molecule has 116 valence electrons. The highest BCUT2D eigenvalue weighted by molar-refractivity contribution is 5.89. The maximum Gasteiger partial charge on any atom is 0.333 e. The summed E-state index contributed by atoms with van der Waals surface area (Å²) in [6.45, 7) is 13.2. The maximum atomic E-state index is 11.5. The van der Waals surface area contributed by atoms with E-state index in [4.69, 9.17) is 9.47 Å². The smallest absolute Gasteiger partial charge is 0.333 e. The van der Waals surface area contributed by atoms with Gasteiger partial charge < -0.3 is 14.2 Å². The Morgan fingerprint density at radius 1 is 0.952 bits per heavy atom. The lowest BCUT2D eigenvalue weighted by Crippen LogP contribution is -2.27. The average Bonchev–Trinajstić information content (AvgIpc) is 2.42. The van der Waals surface area contributed by atoms with E-state index < -0.39 is 24.0 Å². The third kappa shape index (κ3) is 7.10. The van der Waals surface area contributed by atoms with Crippen LogP contribution in [0.3, 0.4) is 0 Å². The first-order valence-electron chi connectivity index (χ1n) is 6.14. The highest BCUT2D eigenvalue weighted by atomic mass is 16.6. The molecule has 0 aliphatic rings. The van der Waals surface area contributed by atoms with Crippen molar-refractivity contribution < 1.29 is 28.6 Å². The molecule has 0 aromatic rings. The van der Waals surface area contributed by atoms with Crippen molar-refractivity contribution in [3.63, 3.8) is 0 Å². The summed E-state index contributed by atoms with van der Waals surface area (Å²) in [6.07, 6.45) is -0.876. The Bertz CT molecular complexity index is 475. The van der Waals surface area contributed by atoms with Crippen molar-refractivity contribution in [1.29, 1.82) is 0 Å². The van der Waals surface area contributed by atoms with Crippen molar-refractivity contribution in [3.8, 4) is 0 Å². The summed E-state index contributed by atoms with van der Waals surface area (Å²) >= 11 is 0. The molecule has 21 heavy (non-hydrogen) atoms. The molecule has 6 nitrogen and oxygen atoms in total. The van der Waals surface area contributed by atoms with Crippen molar-refractivity contribution in [2.75, 3.05) is 13.7 Å². The van der Waals surface area contributed by atoms with Crippen LogP contribution in [0, 0.1) is 0 Å². The molecule has 1 unspecified atom stereocenters. The van der Waals surface area contributed by atoms with Crippen LogP contribution in [0.4, 0.5) is 0 Å². The zero-order chi connectivity index (χ0) is 16.6. The van der Waals surface area contributed by atoms with Crippen LogP contribution in [-0.4, -0.2) is 37.7 Å². The molecule has 0 saturated carbocycles. The number of hydrogen-bond donors (Lipinski definition) is 0. The summed E-state index contributed by atoms with van der Waals surface area (Å²) in [5.74, 6) is -1.89. The van der Waals surface area contributed by atoms with Gasteiger partial charge >= 0.3 is 17.9 Å². The first-order valence-corrected chi connectivity index (χ1v) is 6.14. The number of rotatable bonds is 8.